The highest BCUT2D eigenvalue weighted by Crippen LogP contribution is 2.29. The van der Waals surface area contributed by atoms with Crippen LogP contribution < -0.4 is 5.32 Å². The van der Waals surface area contributed by atoms with Crippen LogP contribution in [0.3, 0.4) is 0 Å². The van der Waals surface area contributed by atoms with Crippen LogP contribution in [0.4, 0.5) is 5.69 Å². The van der Waals surface area contributed by atoms with E-state index in [0.29, 0.717) is 38.9 Å². The molecule has 8 heteroatoms. The molecule has 1 unspecified atom stereocenters. The molecule has 2 fully saturated rings. The first-order valence-corrected chi connectivity index (χ1v) is 14.5. The first-order chi connectivity index (χ1) is 17.3. The van der Waals surface area contributed by atoms with E-state index in [4.69, 9.17) is 0 Å². The zero-order valence-electron chi connectivity index (χ0n) is 21.3. The Bertz CT molecular complexity index is 1150. The number of likely N-dealkylation sites (tertiary alicyclic amines) is 1. The summed E-state index contributed by atoms with van der Waals surface area (Å²) in [5.41, 5.74) is 3.00. The second-order valence-corrected chi connectivity index (χ2v) is 11.9. The smallest absolute Gasteiger partial charge is 0.247 e. The lowest BCUT2D eigenvalue weighted by molar-refractivity contribution is -0.141. The molecule has 0 radical (unpaired) electrons. The van der Waals surface area contributed by atoms with Gasteiger partial charge in [0.15, 0.2) is 0 Å². The van der Waals surface area contributed by atoms with E-state index in [-0.39, 0.29) is 22.6 Å². The minimum absolute atomic E-state index is 0.0325. The molecule has 2 amide bonds. The lowest BCUT2D eigenvalue weighted by Gasteiger charge is -2.34. The van der Waals surface area contributed by atoms with Gasteiger partial charge in [0.25, 0.3) is 0 Å². The summed E-state index contributed by atoms with van der Waals surface area (Å²) in [4.78, 5) is 28.4. The number of carbonyl (C=O) groups is 2. The molecule has 2 aromatic rings. The number of carbonyl (C=O) groups excluding carboxylic acids is 2. The number of nitrogens with zero attached hydrogens (tertiary/aromatic N) is 2. The first kappa shape index (κ1) is 26.4. The second kappa shape index (κ2) is 11.6. The molecular formula is C28H37N3O4S. The predicted octanol–water partition coefficient (Wildman–Crippen LogP) is 4.37. The molecule has 4 rings (SSSR count). The fraction of sp³-hybridized carbons (Fsp3) is 0.500. The molecule has 7 nitrogen and oxygen atoms in total. The van der Waals surface area contributed by atoms with E-state index in [0.717, 1.165) is 36.9 Å². The standard InChI is InChI=1S/C28H37N3O4S/c1-3-4-6-22-10-12-24(13-11-22)29-27(32)26-7-5-18-31(26)28(33)23-16-19-30(20-17-23)36(34,35)25-14-8-21(2)9-15-25/h8-15,23,26H,3-7,16-20H2,1-2H3,(H,29,32). The van der Waals surface area contributed by atoms with Crippen LogP contribution in [0, 0.1) is 12.8 Å². The van der Waals surface area contributed by atoms with Crippen LogP contribution in [-0.2, 0) is 26.0 Å². The number of nitrogens with one attached hydrogen (secondary N) is 1. The van der Waals surface area contributed by atoms with E-state index < -0.39 is 16.1 Å². The van der Waals surface area contributed by atoms with Crippen molar-refractivity contribution < 1.29 is 18.0 Å². The van der Waals surface area contributed by atoms with Crippen molar-refractivity contribution in [3.63, 3.8) is 0 Å². The lowest BCUT2D eigenvalue weighted by atomic mass is 9.96. The maximum Gasteiger partial charge on any atom is 0.247 e. The monoisotopic (exact) mass is 511 g/mol. The Morgan fingerprint density at radius 1 is 0.944 bits per heavy atom. The molecule has 0 spiro atoms. The first-order valence-electron chi connectivity index (χ1n) is 13.1. The number of hydrogen-bond donors (Lipinski definition) is 1. The Morgan fingerprint density at radius 2 is 1.61 bits per heavy atom. The minimum Gasteiger partial charge on any atom is -0.330 e. The van der Waals surface area contributed by atoms with Crippen LogP contribution >= 0.6 is 0 Å². The maximum atomic E-state index is 13.4. The summed E-state index contributed by atoms with van der Waals surface area (Å²) in [6, 6.07) is 14.3. The van der Waals surface area contributed by atoms with Crippen LogP contribution in [0.1, 0.15) is 56.6 Å². The van der Waals surface area contributed by atoms with Gasteiger partial charge in [0.2, 0.25) is 21.8 Å². The van der Waals surface area contributed by atoms with E-state index in [1.807, 2.05) is 31.2 Å². The van der Waals surface area contributed by atoms with E-state index in [1.54, 1.807) is 29.2 Å². The summed E-state index contributed by atoms with van der Waals surface area (Å²) in [7, 11) is -3.57. The minimum atomic E-state index is -3.57. The van der Waals surface area contributed by atoms with Gasteiger partial charge < -0.3 is 10.2 Å². The van der Waals surface area contributed by atoms with Gasteiger partial charge in [0.05, 0.1) is 4.90 Å². The third kappa shape index (κ3) is 5.98. The van der Waals surface area contributed by atoms with E-state index in [1.165, 1.54) is 9.87 Å². The highest BCUT2D eigenvalue weighted by atomic mass is 32.2. The average molecular weight is 512 g/mol. The molecule has 36 heavy (non-hydrogen) atoms. The molecule has 1 atom stereocenters. The van der Waals surface area contributed by atoms with Crippen molar-refractivity contribution in [2.24, 2.45) is 5.92 Å². The van der Waals surface area contributed by atoms with Gasteiger partial charge in [0, 0.05) is 31.2 Å². The number of unbranched alkanes of at least 4 members (excludes halogenated alkanes) is 1. The number of piperidine rings is 1. The molecule has 2 aliphatic rings. The third-order valence-corrected chi connectivity index (χ3v) is 9.25. The Labute approximate surface area is 214 Å². The van der Waals surface area contributed by atoms with Crippen molar-refractivity contribution in [3.8, 4) is 0 Å². The molecule has 2 aromatic carbocycles. The van der Waals surface area contributed by atoms with E-state index in [9.17, 15) is 18.0 Å². The summed E-state index contributed by atoms with van der Waals surface area (Å²) in [6.07, 6.45) is 5.68. The summed E-state index contributed by atoms with van der Waals surface area (Å²) < 4.78 is 27.5. The zero-order chi connectivity index (χ0) is 25.7. The number of aryl methyl sites for hydroxylation is 2. The molecule has 0 saturated carbocycles. The average Bonchev–Trinajstić information content (AvgIpc) is 3.38. The maximum absolute atomic E-state index is 13.4. The SMILES string of the molecule is CCCCc1ccc(NC(=O)C2CCCN2C(=O)C2CCN(S(=O)(=O)c3ccc(C)cc3)CC2)cc1. The summed E-state index contributed by atoms with van der Waals surface area (Å²) in [6.45, 7) is 5.27. The summed E-state index contributed by atoms with van der Waals surface area (Å²) in [5, 5.41) is 2.98. The topological polar surface area (TPSA) is 86.8 Å². The van der Waals surface area contributed by atoms with Crippen LogP contribution in [-0.4, -0.2) is 55.1 Å². The molecule has 0 bridgehead atoms. The van der Waals surface area contributed by atoms with Crippen molar-refractivity contribution in [3.05, 3.63) is 59.7 Å². The van der Waals surface area contributed by atoms with Gasteiger partial charge in [-0.2, -0.15) is 4.31 Å². The van der Waals surface area contributed by atoms with E-state index >= 15 is 0 Å². The van der Waals surface area contributed by atoms with Gasteiger partial charge >= 0.3 is 0 Å². The highest BCUT2D eigenvalue weighted by Gasteiger charge is 2.39. The number of rotatable bonds is 8. The van der Waals surface area contributed by atoms with Crippen molar-refractivity contribution in [1.29, 1.82) is 0 Å². The quantitative estimate of drug-likeness (QED) is 0.570. The van der Waals surface area contributed by atoms with Gasteiger partial charge in [0.1, 0.15) is 6.04 Å². The molecule has 0 aromatic heterocycles. The number of amides is 2. The normalized spacial score (nSPS) is 19.4. The molecule has 1 N–H and O–H groups in total. The Balaban J connectivity index is 1.33. The molecule has 194 valence electrons. The fourth-order valence-electron chi connectivity index (χ4n) is 5.10. The molecule has 2 saturated heterocycles. The largest absolute Gasteiger partial charge is 0.330 e. The van der Waals surface area contributed by atoms with Gasteiger partial charge in [-0.15, -0.1) is 0 Å². The van der Waals surface area contributed by atoms with Gasteiger partial charge in [-0.05, 0) is 75.3 Å². The number of sulfonamides is 1. The number of benzene rings is 2. The Kier molecular flexibility index (Phi) is 8.46. The lowest BCUT2D eigenvalue weighted by Crippen LogP contribution is -2.48. The van der Waals surface area contributed by atoms with E-state index in [2.05, 4.69) is 12.2 Å². The van der Waals surface area contributed by atoms with Gasteiger partial charge in [-0.25, -0.2) is 8.42 Å². The third-order valence-electron chi connectivity index (χ3n) is 7.34. The Morgan fingerprint density at radius 3 is 2.25 bits per heavy atom. The van der Waals surface area contributed by atoms with Crippen molar-refractivity contribution in [2.75, 3.05) is 25.0 Å². The van der Waals surface area contributed by atoms with Crippen LogP contribution in [0.2, 0.25) is 0 Å². The van der Waals surface area contributed by atoms with Gasteiger partial charge in [-0.1, -0.05) is 43.2 Å². The second-order valence-electron chi connectivity index (χ2n) is 9.97. The van der Waals surface area contributed by atoms with Gasteiger partial charge in [-0.3, -0.25) is 9.59 Å². The number of anilines is 1. The van der Waals surface area contributed by atoms with Crippen molar-refractivity contribution in [2.45, 2.75) is 69.7 Å². The van der Waals surface area contributed by atoms with Crippen molar-refractivity contribution >= 4 is 27.5 Å². The number of hydrogen-bond acceptors (Lipinski definition) is 4. The zero-order valence-corrected chi connectivity index (χ0v) is 22.1. The summed E-state index contributed by atoms with van der Waals surface area (Å²) in [5.74, 6) is -0.447. The van der Waals surface area contributed by atoms with Crippen LogP contribution in [0.15, 0.2) is 53.4 Å². The predicted molar refractivity (Wildman–Crippen MR) is 141 cm³/mol. The van der Waals surface area contributed by atoms with Crippen LogP contribution in [0.25, 0.3) is 0 Å². The highest BCUT2D eigenvalue weighted by molar-refractivity contribution is 7.89. The van der Waals surface area contributed by atoms with Crippen LogP contribution in [0.5, 0.6) is 0 Å². The fourth-order valence-corrected chi connectivity index (χ4v) is 6.57. The molecule has 2 heterocycles. The Hall–Kier alpha value is -2.71. The molecular weight excluding hydrogens is 474 g/mol. The molecule has 0 aliphatic carbocycles. The summed E-state index contributed by atoms with van der Waals surface area (Å²) >= 11 is 0. The van der Waals surface area contributed by atoms with Crippen molar-refractivity contribution in [1.82, 2.24) is 9.21 Å². The molecule has 2 aliphatic heterocycles.